The van der Waals surface area contributed by atoms with Crippen LogP contribution in [0.4, 0.5) is 11.4 Å². The summed E-state index contributed by atoms with van der Waals surface area (Å²) in [5.74, 6) is -2.56. The lowest BCUT2D eigenvalue weighted by Gasteiger charge is -2.23. The molecular formula is C24H30N4O6S. The highest BCUT2D eigenvalue weighted by molar-refractivity contribution is 8.01. The van der Waals surface area contributed by atoms with Gasteiger partial charge in [-0.15, -0.1) is 11.8 Å². The van der Waals surface area contributed by atoms with Gasteiger partial charge in [0.05, 0.1) is 16.7 Å². The third-order valence-corrected chi connectivity index (χ3v) is 6.60. The summed E-state index contributed by atoms with van der Waals surface area (Å²) < 4.78 is 9.67. The number of hydrogen-bond donors (Lipinski definition) is 2. The highest BCUT2D eigenvalue weighted by atomic mass is 32.2. The maximum absolute atomic E-state index is 12.9. The van der Waals surface area contributed by atoms with Gasteiger partial charge in [-0.3, -0.25) is 19.2 Å². The Bertz CT molecular complexity index is 979. The lowest BCUT2D eigenvalue weighted by molar-refractivity contribution is -0.146. The average Bonchev–Trinajstić information content (AvgIpc) is 3.13. The van der Waals surface area contributed by atoms with Gasteiger partial charge in [0.25, 0.3) is 5.91 Å². The summed E-state index contributed by atoms with van der Waals surface area (Å²) in [5.41, 5.74) is 1.30. The molecule has 1 aromatic carbocycles. The Labute approximate surface area is 209 Å². The van der Waals surface area contributed by atoms with Gasteiger partial charge < -0.3 is 25.0 Å². The topological polar surface area (TPSA) is 138 Å². The van der Waals surface area contributed by atoms with Gasteiger partial charge in [-0.25, -0.2) is 0 Å². The van der Waals surface area contributed by atoms with Crippen molar-refractivity contribution in [1.29, 1.82) is 5.26 Å². The molecule has 11 heteroatoms. The minimum atomic E-state index is -0.954. The SMILES string of the molecule is C=CCOC(=O)C(C#N)CC1SC(CCNc2cccc(NC(=O)COC(C)=O)c2)C(=O)N1CC. The normalized spacial score (nSPS) is 17.7. The largest absolute Gasteiger partial charge is 0.460 e. The van der Waals surface area contributed by atoms with E-state index < -0.39 is 23.8 Å². The van der Waals surface area contributed by atoms with Crippen LogP contribution in [0.25, 0.3) is 0 Å². The highest BCUT2D eigenvalue weighted by Crippen LogP contribution is 2.37. The molecule has 1 aliphatic heterocycles. The maximum Gasteiger partial charge on any atom is 0.323 e. The van der Waals surface area contributed by atoms with Gasteiger partial charge in [-0.2, -0.15) is 5.26 Å². The van der Waals surface area contributed by atoms with E-state index in [9.17, 15) is 24.4 Å². The van der Waals surface area contributed by atoms with Crippen LogP contribution >= 0.6 is 11.8 Å². The van der Waals surface area contributed by atoms with Crippen LogP contribution in [0.1, 0.15) is 26.7 Å². The van der Waals surface area contributed by atoms with Gasteiger partial charge in [0.15, 0.2) is 6.61 Å². The van der Waals surface area contributed by atoms with Gasteiger partial charge in [0.1, 0.15) is 12.5 Å². The van der Waals surface area contributed by atoms with E-state index in [0.29, 0.717) is 25.2 Å². The predicted molar refractivity (Wildman–Crippen MR) is 132 cm³/mol. The summed E-state index contributed by atoms with van der Waals surface area (Å²) in [6, 6.07) is 9.03. The number of anilines is 2. The van der Waals surface area contributed by atoms with E-state index >= 15 is 0 Å². The zero-order chi connectivity index (χ0) is 25.8. The third-order valence-electron chi connectivity index (χ3n) is 5.08. The molecule has 10 nitrogen and oxygen atoms in total. The molecule has 2 amide bonds. The molecule has 1 saturated heterocycles. The number of benzene rings is 1. The molecule has 0 bridgehead atoms. The van der Waals surface area contributed by atoms with Crippen LogP contribution in [0.2, 0.25) is 0 Å². The molecule has 188 valence electrons. The van der Waals surface area contributed by atoms with Crippen LogP contribution in [-0.2, 0) is 28.7 Å². The second kappa shape index (κ2) is 14.0. The molecule has 0 aromatic heterocycles. The Morgan fingerprint density at radius 1 is 1.31 bits per heavy atom. The molecule has 2 rings (SSSR count). The number of rotatable bonds is 13. The maximum atomic E-state index is 12.9. The molecule has 1 aromatic rings. The first kappa shape index (κ1) is 27.7. The summed E-state index contributed by atoms with van der Waals surface area (Å²) in [7, 11) is 0. The molecule has 3 atom stereocenters. The second-order valence-electron chi connectivity index (χ2n) is 7.66. The lowest BCUT2D eigenvalue weighted by Crippen LogP contribution is -2.36. The summed E-state index contributed by atoms with van der Waals surface area (Å²) >= 11 is 1.45. The molecule has 0 saturated carbocycles. The molecular weight excluding hydrogens is 472 g/mol. The van der Waals surface area contributed by atoms with E-state index in [0.717, 1.165) is 5.69 Å². The Morgan fingerprint density at radius 3 is 2.71 bits per heavy atom. The van der Waals surface area contributed by atoms with Crippen molar-refractivity contribution >= 4 is 46.9 Å². The number of carbonyl (C=O) groups is 4. The Hall–Kier alpha value is -3.52. The van der Waals surface area contributed by atoms with Crippen molar-refractivity contribution in [2.45, 2.75) is 37.3 Å². The number of nitriles is 1. The van der Waals surface area contributed by atoms with Gasteiger partial charge in [-0.1, -0.05) is 18.7 Å². The molecule has 1 heterocycles. The van der Waals surface area contributed by atoms with Gasteiger partial charge >= 0.3 is 11.9 Å². The van der Waals surface area contributed by atoms with Gasteiger partial charge in [-0.05, 0) is 31.5 Å². The Kier molecular flexibility index (Phi) is 11.1. The van der Waals surface area contributed by atoms with Crippen molar-refractivity contribution in [3.63, 3.8) is 0 Å². The lowest BCUT2D eigenvalue weighted by atomic mass is 10.1. The number of nitrogens with zero attached hydrogens (tertiary/aromatic N) is 2. The third kappa shape index (κ3) is 8.64. The number of ether oxygens (including phenoxy) is 2. The van der Waals surface area contributed by atoms with E-state index in [4.69, 9.17) is 4.74 Å². The van der Waals surface area contributed by atoms with E-state index in [2.05, 4.69) is 21.9 Å². The fourth-order valence-corrected chi connectivity index (χ4v) is 5.03. The van der Waals surface area contributed by atoms with Crippen LogP contribution < -0.4 is 10.6 Å². The molecule has 35 heavy (non-hydrogen) atoms. The van der Waals surface area contributed by atoms with Crippen LogP contribution in [0, 0.1) is 17.2 Å². The molecule has 3 unspecified atom stereocenters. The Morgan fingerprint density at radius 2 is 2.06 bits per heavy atom. The predicted octanol–water partition coefficient (Wildman–Crippen LogP) is 2.54. The van der Waals surface area contributed by atoms with Crippen LogP contribution in [0.3, 0.4) is 0 Å². The smallest absolute Gasteiger partial charge is 0.323 e. The standard InChI is InChI=1S/C24H30N4O6S/c1-4-11-33-24(32)17(14-25)12-22-28(5-2)23(31)20(35-22)9-10-26-18-7-6-8-19(13-18)27-21(30)15-34-16(3)29/h4,6-8,13,17,20,22,26H,1,5,9-12,15H2,2-3H3,(H,27,30). The van der Waals surface area contributed by atoms with Gasteiger partial charge in [0, 0.05) is 37.8 Å². The average molecular weight is 503 g/mol. The summed E-state index contributed by atoms with van der Waals surface area (Å²) in [6.45, 7) is 7.25. The first-order valence-electron chi connectivity index (χ1n) is 11.2. The molecule has 0 spiro atoms. The van der Waals surface area contributed by atoms with Crippen molar-refractivity contribution in [2.75, 3.05) is 36.9 Å². The van der Waals surface area contributed by atoms with Crippen molar-refractivity contribution in [1.82, 2.24) is 4.90 Å². The van der Waals surface area contributed by atoms with Crippen molar-refractivity contribution in [3.8, 4) is 6.07 Å². The Balaban J connectivity index is 1.89. The minimum absolute atomic E-state index is 0.0214. The first-order chi connectivity index (χ1) is 16.8. The first-order valence-corrected chi connectivity index (χ1v) is 12.1. The highest BCUT2D eigenvalue weighted by Gasteiger charge is 2.41. The number of amides is 2. The number of thioether (sulfide) groups is 1. The van der Waals surface area contributed by atoms with Crippen LogP contribution in [-0.4, -0.2) is 65.6 Å². The number of esters is 2. The summed E-state index contributed by atoms with van der Waals surface area (Å²) in [6.07, 6.45) is 2.18. The summed E-state index contributed by atoms with van der Waals surface area (Å²) in [5, 5.41) is 14.7. The number of carbonyl (C=O) groups excluding carboxylic acids is 4. The van der Waals surface area contributed by atoms with E-state index in [-0.39, 0.29) is 36.2 Å². The molecule has 0 aliphatic carbocycles. The molecule has 1 aliphatic rings. The molecule has 1 fully saturated rings. The zero-order valence-electron chi connectivity index (χ0n) is 19.8. The van der Waals surface area contributed by atoms with Crippen molar-refractivity contribution < 1.29 is 28.7 Å². The zero-order valence-corrected chi connectivity index (χ0v) is 20.6. The summed E-state index contributed by atoms with van der Waals surface area (Å²) in [4.78, 5) is 49.3. The van der Waals surface area contributed by atoms with Gasteiger partial charge in [0.2, 0.25) is 5.91 Å². The number of hydrogen-bond acceptors (Lipinski definition) is 9. The van der Waals surface area contributed by atoms with E-state index in [1.165, 1.54) is 24.8 Å². The van der Waals surface area contributed by atoms with Crippen molar-refractivity contribution in [3.05, 3.63) is 36.9 Å². The molecule has 0 radical (unpaired) electrons. The minimum Gasteiger partial charge on any atom is -0.460 e. The quantitative estimate of drug-likeness (QED) is 0.308. The van der Waals surface area contributed by atoms with Crippen LogP contribution in [0.5, 0.6) is 0 Å². The van der Waals surface area contributed by atoms with E-state index in [1.54, 1.807) is 23.1 Å². The second-order valence-corrected chi connectivity index (χ2v) is 9.05. The fraction of sp³-hybridized carbons (Fsp3) is 0.458. The van der Waals surface area contributed by atoms with E-state index in [1.807, 2.05) is 19.1 Å². The fourth-order valence-electron chi connectivity index (χ4n) is 3.45. The molecule has 2 N–H and O–H groups in total. The van der Waals surface area contributed by atoms with Crippen LogP contribution in [0.15, 0.2) is 36.9 Å². The van der Waals surface area contributed by atoms with Crippen molar-refractivity contribution in [2.24, 2.45) is 5.92 Å². The monoisotopic (exact) mass is 502 g/mol. The number of nitrogens with one attached hydrogen (secondary N) is 2.